The van der Waals surface area contributed by atoms with E-state index in [4.69, 9.17) is 18.9 Å². The Balaban J connectivity index is 2.13. The lowest BCUT2D eigenvalue weighted by molar-refractivity contribution is -0.224. The smallest absolute Gasteiger partial charge is 0.410 e. The Morgan fingerprint density at radius 2 is 1.79 bits per heavy atom. The van der Waals surface area contributed by atoms with Crippen LogP contribution in [0.3, 0.4) is 0 Å². The fourth-order valence-corrected chi connectivity index (χ4v) is 3.59. The van der Waals surface area contributed by atoms with Crippen molar-refractivity contribution in [3.8, 4) is 0 Å². The van der Waals surface area contributed by atoms with Crippen LogP contribution < -0.4 is 0 Å². The van der Waals surface area contributed by atoms with Crippen molar-refractivity contribution >= 4 is 6.09 Å². The Kier molecular flexibility index (Phi) is 8.68. The summed E-state index contributed by atoms with van der Waals surface area (Å²) in [5.74, 6) is 0. The van der Waals surface area contributed by atoms with Crippen LogP contribution in [0.4, 0.5) is 4.79 Å². The third-order valence-corrected chi connectivity index (χ3v) is 5.07. The second-order valence-corrected chi connectivity index (χ2v) is 8.03. The minimum absolute atomic E-state index is 0.0252. The van der Waals surface area contributed by atoms with Gasteiger partial charge in [0.1, 0.15) is 6.10 Å². The molecular weight excluding hydrogens is 370 g/mol. The lowest BCUT2D eigenvalue weighted by Crippen LogP contribution is -2.52. The molecule has 6 nitrogen and oxygen atoms in total. The molecule has 0 radical (unpaired) electrons. The van der Waals surface area contributed by atoms with E-state index in [2.05, 4.69) is 6.58 Å². The van der Waals surface area contributed by atoms with Gasteiger partial charge in [0.25, 0.3) is 0 Å². The molecule has 1 aliphatic rings. The van der Waals surface area contributed by atoms with Gasteiger partial charge in [0, 0.05) is 25.6 Å². The van der Waals surface area contributed by atoms with E-state index in [-0.39, 0.29) is 24.3 Å². The number of hydrogen-bond donors (Lipinski definition) is 0. The van der Waals surface area contributed by atoms with Crippen LogP contribution in [0.5, 0.6) is 0 Å². The zero-order chi connectivity index (χ0) is 21.6. The van der Waals surface area contributed by atoms with E-state index in [0.29, 0.717) is 13.0 Å². The van der Waals surface area contributed by atoms with Gasteiger partial charge in [0.2, 0.25) is 0 Å². The number of benzene rings is 1. The van der Waals surface area contributed by atoms with Gasteiger partial charge in [-0.1, -0.05) is 36.9 Å². The summed E-state index contributed by atoms with van der Waals surface area (Å²) in [5, 5.41) is 0. The highest BCUT2D eigenvalue weighted by Gasteiger charge is 2.41. The van der Waals surface area contributed by atoms with Crippen LogP contribution in [-0.4, -0.2) is 54.8 Å². The first-order chi connectivity index (χ1) is 13.7. The van der Waals surface area contributed by atoms with E-state index >= 15 is 0 Å². The molecule has 0 aromatic heterocycles. The monoisotopic (exact) mass is 405 g/mol. The molecule has 0 N–H and O–H groups in total. The summed E-state index contributed by atoms with van der Waals surface area (Å²) in [7, 11) is 1.59. The molecule has 1 fully saturated rings. The van der Waals surface area contributed by atoms with E-state index in [1.807, 2.05) is 65.0 Å². The molecule has 1 aliphatic heterocycles. The van der Waals surface area contributed by atoms with E-state index < -0.39 is 18.5 Å². The molecule has 1 aromatic rings. The van der Waals surface area contributed by atoms with Crippen LogP contribution in [-0.2, 0) is 25.6 Å². The van der Waals surface area contributed by atoms with Crippen molar-refractivity contribution in [1.29, 1.82) is 0 Å². The minimum atomic E-state index is -0.598. The molecule has 1 amide bonds. The van der Waals surface area contributed by atoms with Gasteiger partial charge in [-0.15, -0.1) is 0 Å². The number of methoxy groups -OCH3 is 1. The van der Waals surface area contributed by atoms with Crippen LogP contribution in [0.25, 0.3) is 0 Å². The standard InChI is InChI=1S/C23H35NO5/c1-15(2)24(16(3)4)23(25)29-21-17(5)13-20(26-7)28-22(21)18(6)27-14-19-11-9-8-10-12-19/h8-12,15-16,18,20-22H,5,13-14H2,1-4,6-7H3/t18-,20+,21+,22+/m0/s1. The summed E-state index contributed by atoms with van der Waals surface area (Å²) in [6, 6.07) is 9.97. The normalized spacial score (nSPS) is 23.3. The summed E-state index contributed by atoms with van der Waals surface area (Å²) in [4.78, 5) is 14.6. The van der Waals surface area contributed by atoms with Gasteiger partial charge >= 0.3 is 6.09 Å². The second-order valence-electron chi connectivity index (χ2n) is 8.03. The summed E-state index contributed by atoms with van der Waals surface area (Å²) in [6.07, 6.45) is -1.76. The highest BCUT2D eigenvalue weighted by atomic mass is 16.7. The molecule has 4 atom stereocenters. The highest BCUT2D eigenvalue weighted by Crippen LogP contribution is 2.30. The number of nitrogens with zero attached hydrogens (tertiary/aromatic N) is 1. The fraction of sp³-hybridized carbons (Fsp3) is 0.609. The van der Waals surface area contributed by atoms with Gasteiger partial charge in [-0.2, -0.15) is 0 Å². The maximum atomic E-state index is 12.9. The Morgan fingerprint density at radius 3 is 2.34 bits per heavy atom. The molecule has 0 spiro atoms. The zero-order valence-corrected chi connectivity index (χ0v) is 18.5. The molecule has 1 saturated heterocycles. The van der Waals surface area contributed by atoms with Crippen LogP contribution in [0.1, 0.15) is 46.6 Å². The van der Waals surface area contributed by atoms with Crippen LogP contribution >= 0.6 is 0 Å². The second kappa shape index (κ2) is 10.8. The number of rotatable bonds is 8. The first kappa shape index (κ1) is 23.4. The maximum Gasteiger partial charge on any atom is 0.410 e. The van der Waals surface area contributed by atoms with Gasteiger partial charge < -0.3 is 23.8 Å². The summed E-state index contributed by atoms with van der Waals surface area (Å²) in [5.41, 5.74) is 1.83. The largest absolute Gasteiger partial charge is 0.439 e. The molecule has 162 valence electrons. The predicted molar refractivity (Wildman–Crippen MR) is 113 cm³/mol. The van der Waals surface area contributed by atoms with Gasteiger partial charge in [-0.3, -0.25) is 0 Å². The topological polar surface area (TPSA) is 57.2 Å². The van der Waals surface area contributed by atoms with Crippen molar-refractivity contribution in [2.45, 2.75) is 84.3 Å². The number of carbonyl (C=O) groups excluding carboxylic acids is 1. The van der Waals surface area contributed by atoms with E-state index in [0.717, 1.165) is 11.1 Å². The molecule has 0 bridgehead atoms. The van der Waals surface area contributed by atoms with Crippen molar-refractivity contribution in [3.05, 3.63) is 48.0 Å². The third kappa shape index (κ3) is 6.29. The van der Waals surface area contributed by atoms with Crippen LogP contribution in [0.15, 0.2) is 42.5 Å². The summed E-state index contributed by atoms with van der Waals surface area (Å²) in [6.45, 7) is 14.4. The first-order valence-corrected chi connectivity index (χ1v) is 10.2. The third-order valence-electron chi connectivity index (χ3n) is 5.07. The lowest BCUT2D eigenvalue weighted by atomic mass is 9.96. The summed E-state index contributed by atoms with van der Waals surface area (Å²) >= 11 is 0. The van der Waals surface area contributed by atoms with Crippen molar-refractivity contribution in [1.82, 2.24) is 4.90 Å². The first-order valence-electron chi connectivity index (χ1n) is 10.2. The van der Waals surface area contributed by atoms with Gasteiger partial charge in [-0.25, -0.2) is 4.79 Å². The summed E-state index contributed by atoms with van der Waals surface area (Å²) < 4.78 is 23.4. The van der Waals surface area contributed by atoms with Crippen LogP contribution in [0, 0.1) is 0 Å². The molecule has 2 rings (SSSR count). The number of carbonyl (C=O) groups is 1. The Hall–Kier alpha value is -1.89. The molecule has 0 saturated carbocycles. The highest BCUT2D eigenvalue weighted by molar-refractivity contribution is 5.69. The molecule has 1 heterocycles. The van der Waals surface area contributed by atoms with E-state index in [1.165, 1.54) is 0 Å². The SMILES string of the molecule is C=C1C[C@H](OC)O[C@H]([C@H](C)OCc2ccccc2)[C@@H]1OC(=O)N(C(C)C)C(C)C. The Bertz CT molecular complexity index is 652. The van der Waals surface area contributed by atoms with Crippen molar-refractivity contribution in [2.24, 2.45) is 0 Å². The number of hydrogen-bond acceptors (Lipinski definition) is 5. The Morgan fingerprint density at radius 1 is 1.17 bits per heavy atom. The number of amides is 1. The van der Waals surface area contributed by atoms with E-state index in [1.54, 1.807) is 12.0 Å². The average Bonchev–Trinajstić information content (AvgIpc) is 2.67. The molecule has 29 heavy (non-hydrogen) atoms. The van der Waals surface area contributed by atoms with Gasteiger partial charge in [0.05, 0.1) is 12.7 Å². The molecule has 0 unspecified atom stereocenters. The molecular formula is C23H35NO5. The van der Waals surface area contributed by atoms with Gasteiger partial charge in [-0.05, 0) is 45.8 Å². The van der Waals surface area contributed by atoms with Gasteiger partial charge in [0.15, 0.2) is 12.4 Å². The fourth-order valence-electron chi connectivity index (χ4n) is 3.59. The molecule has 1 aromatic carbocycles. The van der Waals surface area contributed by atoms with Crippen molar-refractivity contribution in [3.63, 3.8) is 0 Å². The minimum Gasteiger partial charge on any atom is -0.439 e. The molecule has 0 aliphatic carbocycles. The molecule has 6 heteroatoms. The quantitative estimate of drug-likeness (QED) is 0.595. The van der Waals surface area contributed by atoms with Crippen molar-refractivity contribution < 1.29 is 23.7 Å². The number of ether oxygens (including phenoxy) is 4. The maximum absolute atomic E-state index is 12.9. The van der Waals surface area contributed by atoms with Crippen molar-refractivity contribution in [2.75, 3.05) is 7.11 Å². The average molecular weight is 406 g/mol. The van der Waals surface area contributed by atoms with E-state index in [9.17, 15) is 4.79 Å². The van der Waals surface area contributed by atoms with Crippen LogP contribution in [0.2, 0.25) is 0 Å². The zero-order valence-electron chi connectivity index (χ0n) is 18.5. The Labute approximate surface area is 174 Å². The lowest BCUT2D eigenvalue weighted by Gasteiger charge is -2.41. The predicted octanol–water partition coefficient (Wildman–Crippen LogP) is 4.53.